The van der Waals surface area contributed by atoms with Crippen LogP contribution in [0, 0.1) is 0 Å². The van der Waals surface area contributed by atoms with E-state index in [1.54, 1.807) is 13.2 Å². The summed E-state index contributed by atoms with van der Waals surface area (Å²) < 4.78 is 11.7. The summed E-state index contributed by atoms with van der Waals surface area (Å²) in [7, 11) is 1.63. The molecule has 0 spiro atoms. The number of hydrogen-bond donors (Lipinski definition) is 1. The molecule has 1 N–H and O–H groups in total. The van der Waals surface area contributed by atoms with Crippen molar-refractivity contribution in [2.75, 3.05) is 12.4 Å². The number of ether oxygens (including phenoxy) is 2. The summed E-state index contributed by atoms with van der Waals surface area (Å²) in [5, 5.41) is 2.75. The SMILES string of the molecule is COc1ccc(/C(=C/C(C)=O)c2ccc(NC(C)=O)cc2)cc1OC1CCCC1. The molecule has 2 aromatic carbocycles. The predicted molar refractivity (Wildman–Crippen MR) is 114 cm³/mol. The zero-order valence-electron chi connectivity index (χ0n) is 17.2. The van der Waals surface area contributed by atoms with Crippen molar-refractivity contribution in [3.05, 3.63) is 59.7 Å². The van der Waals surface area contributed by atoms with Gasteiger partial charge in [-0.05, 0) is 79.6 Å². The number of rotatable bonds is 7. The third-order valence-corrected chi connectivity index (χ3v) is 4.93. The van der Waals surface area contributed by atoms with E-state index in [1.165, 1.54) is 26.7 Å². The molecule has 0 aliphatic heterocycles. The number of ketones is 1. The number of nitrogens with one attached hydrogen (secondary N) is 1. The first-order valence-electron chi connectivity index (χ1n) is 9.91. The van der Waals surface area contributed by atoms with Crippen molar-refractivity contribution in [2.24, 2.45) is 0 Å². The maximum atomic E-state index is 11.9. The van der Waals surface area contributed by atoms with E-state index in [1.807, 2.05) is 42.5 Å². The van der Waals surface area contributed by atoms with Crippen molar-refractivity contribution in [1.29, 1.82) is 0 Å². The highest BCUT2D eigenvalue weighted by molar-refractivity contribution is 5.99. The highest BCUT2D eigenvalue weighted by Crippen LogP contribution is 2.36. The third-order valence-electron chi connectivity index (χ3n) is 4.93. The Morgan fingerprint density at radius 1 is 0.966 bits per heavy atom. The summed E-state index contributed by atoms with van der Waals surface area (Å²) in [6, 6.07) is 13.2. The number of methoxy groups -OCH3 is 1. The number of anilines is 1. The Morgan fingerprint density at radius 2 is 1.62 bits per heavy atom. The molecule has 29 heavy (non-hydrogen) atoms. The standard InChI is InChI=1S/C24H27NO4/c1-16(26)14-22(18-8-11-20(12-9-18)25-17(2)27)19-10-13-23(28-3)24(15-19)29-21-6-4-5-7-21/h8-15,21H,4-7H2,1-3H3,(H,25,27)/b22-14+. The lowest BCUT2D eigenvalue weighted by Crippen LogP contribution is -2.11. The van der Waals surface area contributed by atoms with E-state index >= 15 is 0 Å². The van der Waals surface area contributed by atoms with Gasteiger partial charge in [0.25, 0.3) is 0 Å². The topological polar surface area (TPSA) is 64.6 Å². The second kappa shape index (κ2) is 9.41. The first kappa shape index (κ1) is 20.6. The predicted octanol–water partition coefficient (Wildman–Crippen LogP) is 5.00. The molecule has 0 saturated heterocycles. The first-order valence-corrected chi connectivity index (χ1v) is 9.91. The van der Waals surface area contributed by atoms with E-state index in [0.717, 1.165) is 29.5 Å². The van der Waals surface area contributed by atoms with Crippen LogP contribution in [0.25, 0.3) is 5.57 Å². The van der Waals surface area contributed by atoms with Crippen LogP contribution in [0.15, 0.2) is 48.5 Å². The fourth-order valence-corrected chi connectivity index (χ4v) is 3.60. The number of allylic oxidation sites excluding steroid dienone is 1. The van der Waals surface area contributed by atoms with Crippen LogP contribution in [0.2, 0.25) is 0 Å². The molecule has 1 saturated carbocycles. The minimum absolute atomic E-state index is 0.0417. The molecule has 0 heterocycles. The summed E-state index contributed by atoms with van der Waals surface area (Å²) in [6.45, 7) is 3.00. The summed E-state index contributed by atoms with van der Waals surface area (Å²) in [5.74, 6) is 1.21. The van der Waals surface area contributed by atoms with Crippen LogP contribution in [-0.4, -0.2) is 24.9 Å². The van der Waals surface area contributed by atoms with E-state index in [9.17, 15) is 9.59 Å². The van der Waals surface area contributed by atoms with Crippen molar-refractivity contribution in [2.45, 2.75) is 45.6 Å². The first-order chi connectivity index (χ1) is 14.0. The van der Waals surface area contributed by atoms with E-state index in [4.69, 9.17) is 9.47 Å². The number of amides is 1. The van der Waals surface area contributed by atoms with Crippen LogP contribution in [-0.2, 0) is 9.59 Å². The van der Waals surface area contributed by atoms with E-state index in [0.29, 0.717) is 17.2 Å². The smallest absolute Gasteiger partial charge is 0.221 e. The van der Waals surface area contributed by atoms with Gasteiger partial charge in [0, 0.05) is 12.6 Å². The number of carbonyl (C=O) groups is 2. The highest BCUT2D eigenvalue weighted by Gasteiger charge is 2.19. The van der Waals surface area contributed by atoms with Crippen LogP contribution in [0.1, 0.15) is 50.7 Å². The molecule has 0 radical (unpaired) electrons. The molecule has 0 aromatic heterocycles. The second-order valence-electron chi connectivity index (χ2n) is 7.32. The molecule has 0 atom stereocenters. The monoisotopic (exact) mass is 393 g/mol. The van der Waals surface area contributed by atoms with Gasteiger partial charge < -0.3 is 14.8 Å². The van der Waals surface area contributed by atoms with E-state index in [-0.39, 0.29) is 17.8 Å². The van der Waals surface area contributed by atoms with Gasteiger partial charge >= 0.3 is 0 Å². The summed E-state index contributed by atoms with van der Waals surface area (Å²) in [5.41, 5.74) is 3.27. The number of benzene rings is 2. The van der Waals surface area contributed by atoms with Gasteiger partial charge in [-0.1, -0.05) is 18.2 Å². The van der Waals surface area contributed by atoms with Gasteiger partial charge in [0.1, 0.15) is 0 Å². The van der Waals surface area contributed by atoms with Crippen LogP contribution in [0.3, 0.4) is 0 Å². The Labute approximate surface area is 171 Å². The molecular formula is C24H27NO4. The van der Waals surface area contributed by atoms with Crippen molar-refractivity contribution in [3.8, 4) is 11.5 Å². The fraction of sp³-hybridized carbons (Fsp3) is 0.333. The lowest BCUT2D eigenvalue weighted by molar-refractivity contribution is -0.114. The maximum absolute atomic E-state index is 11.9. The largest absolute Gasteiger partial charge is 0.493 e. The van der Waals surface area contributed by atoms with Gasteiger partial charge in [-0.2, -0.15) is 0 Å². The maximum Gasteiger partial charge on any atom is 0.221 e. The number of hydrogen-bond acceptors (Lipinski definition) is 4. The minimum Gasteiger partial charge on any atom is -0.493 e. The molecule has 2 aromatic rings. The summed E-state index contributed by atoms with van der Waals surface area (Å²) >= 11 is 0. The van der Waals surface area contributed by atoms with Gasteiger partial charge in [-0.15, -0.1) is 0 Å². The van der Waals surface area contributed by atoms with Crippen molar-refractivity contribution < 1.29 is 19.1 Å². The normalized spacial score (nSPS) is 14.5. The lowest BCUT2D eigenvalue weighted by atomic mass is 9.96. The fourth-order valence-electron chi connectivity index (χ4n) is 3.60. The summed E-state index contributed by atoms with van der Waals surface area (Å²) in [6.07, 6.45) is 6.29. The molecule has 152 valence electrons. The third kappa shape index (κ3) is 5.47. The highest BCUT2D eigenvalue weighted by atomic mass is 16.5. The summed E-state index contributed by atoms with van der Waals surface area (Å²) in [4.78, 5) is 23.2. The van der Waals surface area contributed by atoms with Crippen LogP contribution in [0.4, 0.5) is 5.69 Å². The van der Waals surface area contributed by atoms with Gasteiger partial charge in [0.05, 0.1) is 13.2 Å². The molecule has 1 aliphatic rings. The Bertz CT molecular complexity index is 909. The van der Waals surface area contributed by atoms with Gasteiger partial charge in [0.15, 0.2) is 17.3 Å². The Kier molecular flexibility index (Phi) is 6.70. The van der Waals surface area contributed by atoms with Crippen LogP contribution < -0.4 is 14.8 Å². The van der Waals surface area contributed by atoms with Gasteiger partial charge in [0.2, 0.25) is 5.91 Å². The quantitative estimate of drug-likeness (QED) is 0.673. The molecular weight excluding hydrogens is 366 g/mol. The Balaban J connectivity index is 1.96. The zero-order chi connectivity index (χ0) is 20.8. The average molecular weight is 393 g/mol. The molecule has 1 aliphatic carbocycles. The van der Waals surface area contributed by atoms with Gasteiger partial charge in [-0.25, -0.2) is 0 Å². The molecule has 5 heteroatoms. The lowest BCUT2D eigenvalue weighted by Gasteiger charge is -2.18. The molecule has 0 unspecified atom stereocenters. The van der Waals surface area contributed by atoms with Crippen molar-refractivity contribution in [3.63, 3.8) is 0 Å². The van der Waals surface area contributed by atoms with Crippen molar-refractivity contribution in [1.82, 2.24) is 0 Å². The zero-order valence-corrected chi connectivity index (χ0v) is 17.2. The average Bonchev–Trinajstić information content (AvgIpc) is 3.19. The molecule has 0 bridgehead atoms. The minimum atomic E-state index is -0.124. The Hall–Kier alpha value is -3.08. The molecule has 1 fully saturated rings. The molecule has 5 nitrogen and oxygen atoms in total. The van der Waals surface area contributed by atoms with Crippen LogP contribution >= 0.6 is 0 Å². The number of carbonyl (C=O) groups excluding carboxylic acids is 2. The van der Waals surface area contributed by atoms with E-state index < -0.39 is 0 Å². The van der Waals surface area contributed by atoms with Crippen LogP contribution in [0.5, 0.6) is 11.5 Å². The van der Waals surface area contributed by atoms with E-state index in [2.05, 4.69) is 5.32 Å². The second-order valence-corrected chi connectivity index (χ2v) is 7.32. The van der Waals surface area contributed by atoms with Crippen molar-refractivity contribution >= 4 is 23.0 Å². The molecule has 3 rings (SSSR count). The van der Waals surface area contributed by atoms with Gasteiger partial charge in [-0.3, -0.25) is 9.59 Å². The Morgan fingerprint density at radius 3 is 2.21 bits per heavy atom. The molecule has 1 amide bonds.